The summed E-state index contributed by atoms with van der Waals surface area (Å²) in [7, 11) is 0. The van der Waals surface area contributed by atoms with Crippen LogP contribution in [0, 0.1) is 0 Å². The maximum atomic E-state index is 11.9. The monoisotopic (exact) mass is 489 g/mol. The molecule has 192 valence electrons. The molecule has 36 heavy (non-hydrogen) atoms. The van der Waals surface area contributed by atoms with Crippen molar-refractivity contribution in [3.63, 3.8) is 0 Å². The lowest BCUT2D eigenvalue weighted by Crippen LogP contribution is -2.24. The molecule has 0 aliphatic carbocycles. The third kappa shape index (κ3) is 8.80. The zero-order valence-corrected chi connectivity index (χ0v) is 21.9. The van der Waals surface area contributed by atoms with Crippen molar-refractivity contribution in [2.75, 3.05) is 19.8 Å². The van der Waals surface area contributed by atoms with E-state index >= 15 is 0 Å². The van der Waals surface area contributed by atoms with Gasteiger partial charge in [0, 0.05) is 30.4 Å². The van der Waals surface area contributed by atoms with Crippen molar-refractivity contribution < 1.29 is 19.0 Å². The van der Waals surface area contributed by atoms with Gasteiger partial charge in [-0.25, -0.2) is 4.79 Å². The van der Waals surface area contributed by atoms with E-state index in [0.717, 1.165) is 41.8 Å². The van der Waals surface area contributed by atoms with E-state index in [2.05, 4.69) is 55.2 Å². The first kappa shape index (κ1) is 27.4. The Hall–Kier alpha value is -3.18. The van der Waals surface area contributed by atoms with Crippen LogP contribution in [0.25, 0.3) is 22.4 Å². The largest absolute Gasteiger partial charge is 0.493 e. The lowest BCUT2D eigenvalue weighted by atomic mass is 10.0. The molecule has 1 aromatic heterocycles. The van der Waals surface area contributed by atoms with Crippen LogP contribution >= 0.6 is 0 Å². The van der Waals surface area contributed by atoms with Gasteiger partial charge in [-0.15, -0.1) is 0 Å². The van der Waals surface area contributed by atoms with E-state index in [1.165, 1.54) is 24.0 Å². The number of hydrogen-bond donors (Lipinski definition) is 0. The first-order chi connectivity index (χ1) is 17.6. The van der Waals surface area contributed by atoms with Gasteiger partial charge in [0.05, 0.1) is 18.9 Å². The van der Waals surface area contributed by atoms with Gasteiger partial charge in [-0.05, 0) is 67.6 Å². The van der Waals surface area contributed by atoms with Crippen LogP contribution in [0.4, 0.5) is 0 Å². The topological polar surface area (TPSA) is 57.7 Å². The zero-order valence-electron chi connectivity index (χ0n) is 21.9. The number of carbonyl (C=O) groups excluding carboxylic acids is 1. The minimum absolute atomic E-state index is 0.316. The molecule has 3 aromatic rings. The summed E-state index contributed by atoms with van der Waals surface area (Å²) in [6, 6.07) is 20.8. The van der Waals surface area contributed by atoms with Crippen molar-refractivity contribution in [2.24, 2.45) is 0 Å². The molecule has 5 heteroatoms. The molecular formula is C31H39NO4. The number of nitrogens with zero attached hydrogens (tertiary/aromatic N) is 1. The van der Waals surface area contributed by atoms with E-state index in [4.69, 9.17) is 14.2 Å². The highest BCUT2D eigenvalue weighted by atomic mass is 16.6. The Morgan fingerprint density at radius 1 is 0.778 bits per heavy atom. The van der Waals surface area contributed by atoms with Gasteiger partial charge in [-0.3, -0.25) is 4.98 Å². The summed E-state index contributed by atoms with van der Waals surface area (Å²) in [5.41, 5.74) is 5.64. The lowest BCUT2D eigenvalue weighted by Gasteiger charge is -2.12. The fourth-order valence-electron chi connectivity index (χ4n) is 3.71. The van der Waals surface area contributed by atoms with E-state index in [0.29, 0.717) is 26.2 Å². The fourth-order valence-corrected chi connectivity index (χ4v) is 3.71. The Morgan fingerprint density at radius 2 is 1.47 bits per heavy atom. The van der Waals surface area contributed by atoms with Crippen LogP contribution in [0.3, 0.4) is 0 Å². The average molecular weight is 490 g/mol. The molecule has 0 saturated heterocycles. The molecule has 2 aromatic carbocycles. The quantitative estimate of drug-likeness (QED) is 0.166. The number of unbranched alkanes of at least 4 members (excludes halogenated alkanes) is 2. The van der Waals surface area contributed by atoms with Crippen LogP contribution in [0.1, 0.15) is 58.4 Å². The standard InChI is InChI=1S/C31H39NO4/c1-4-6-9-25-10-12-26(13-11-25)28-16-19-30(32-23-28)27-14-17-29(18-15-27)35-21-8-22-36-31(33)24(3)34-20-7-5-2/h10-19,23-24H,4-9,20-22H2,1-3H3/t24-/m0/s1. The van der Waals surface area contributed by atoms with E-state index in [1.54, 1.807) is 6.92 Å². The van der Waals surface area contributed by atoms with Gasteiger partial charge in [0.15, 0.2) is 6.10 Å². The summed E-state index contributed by atoms with van der Waals surface area (Å²) >= 11 is 0. The Balaban J connectivity index is 1.42. The smallest absolute Gasteiger partial charge is 0.334 e. The first-order valence-electron chi connectivity index (χ1n) is 13.2. The number of rotatable bonds is 15. The maximum Gasteiger partial charge on any atom is 0.334 e. The van der Waals surface area contributed by atoms with E-state index < -0.39 is 6.10 Å². The number of ether oxygens (including phenoxy) is 3. The van der Waals surface area contributed by atoms with Gasteiger partial charge in [-0.1, -0.05) is 57.0 Å². The molecule has 0 bridgehead atoms. The van der Waals surface area contributed by atoms with Crippen molar-refractivity contribution >= 4 is 5.97 Å². The summed E-state index contributed by atoms with van der Waals surface area (Å²) < 4.78 is 16.5. The second kappa shape index (κ2) is 15.0. The van der Waals surface area contributed by atoms with Crippen LogP contribution in [0.5, 0.6) is 5.75 Å². The zero-order chi connectivity index (χ0) is 25.6. The van der Waals surface area contributed by atoms with Gasteiger partial charge < -0.3 is 14.2 Å². The molecule has 0 fully saturated rings. The van der Waals surface area contributed by atoms with Gasteiger partial charge in [0.25, 0.3) is 0 Å². The van der Waals surface area contributed by atoms with Gasteiger partial charge in [-0.2, -0.15) is 0 Å². The average Bonchev–Trinajstić information content (AvgIpc) is 2.92. The highest BCUT2D eigenvalue weighted by molar-refractivity contribution is 5.74. The van der Waals surface area contributed by atoms with Crippen LogP contribution in [-0.2, 0) is 20.7 Å². The molecule has 0 aliphatic rings. The Morgan fingerprint density at radius 3 is 2.14 bits per heavy atom. The number of aryl methyl sites for hydroxylation is 1. The molecule has 1 atom stereocenters. The highest BCUT2D eigenvalue weighted by Crippen LogP contribution is 2.25. The number of aromatic nitrogens is 1. The number of carbonyl (C=O) groups is 1. The minimum atomic E-state index is -0.524. The summed E-state index contributed by atoms with van der Waals surface area (Å²) in [6.07, 6.45) is 7.58. The van der Waals surface area contributed by atoms with Crippen molar-refractivity contribution in [3.05, 3.63) is 72.4 Å². The van der Waals surface area contributed by atoms with Crippen molar-refractivity contribution in [1.82, 2.24) is 4.98 Å². The second-order valence-electron chi connectivity index (χ2n) is 8.99. The first-order valence-corrected chi connectivity index (χ1v) is 13.2. The predicted octanol–water partition coefficient (Wildman–Crippen LogP) is 7.28. The normalized spacial score (nSPS) is 11.8. The number of esters is 1. The minimum Gasteiger partial charge on any atom is -0.493 e. The molecule has 0 aliphatic heterocycles. The summed E-state index contributed by atoms with van der Waals surface area (Å²) in [5, 5.41) is 0. The number of benzene rings is 2. The second-order valence-corrected chi connectivity index (χ2v) is 8.99. The third-order valence-corrected chi connectivity index (χ3v) is 6.02. The molecule has 3 rings (SSSR count). The molecule has 0 spiro atoms. The van der Waals surface area contributed by atoms with Gasteiger partial charge in [0.2, 0.25) is 0 Å². The van der Waals surface area contributed by atoms with Crippen molar-refractivity contribution in [3.8, 4) is 28.1 Å². The summed E-state index contributed by atoms with van der Waals surface area (Å²) in [6.45, 7) is 7.40. The van der Waals surface area contributed by atoms with Gasteiger partial charge in [0.1, 0.15) is 5.75 Å². The Labute approximate surface area is 215 Å². The van der Waals surface area contributed by atoms with Crippen LogP contribution in [0.2, 0.25) is 0 Å². The van der Waals surface area contributed by atoms with E-state index in [-0.39, 0.29) is 5.97 Å². The van der Waals surface area contributed by atoms with E-state index in [9.17, 15) is 4.79 Å². The lowest BCUT2D eigenvalue weighted by molar-refractivity contribution is -0.156. The Kier molecular flexibility index (Phi) is 11.5. The fraction of sp³-hybridized carbons (Fsp3) is 0.419. The predicted molar refractivity (Wildman–Crippen MR) is 145 cm³/mol. The van der Waals surface area contributed by atoms with Crippen LogP contribution in [-0.4, -0.2) is 36.9 Å². The SMILES string of the molecule is CCCCO[C@@H](C)C(=O)OCCCOc1ccc(-c2ccc(-c3ccc(CCCC)cc3)cn2)cc1. The Bertz CT molecular complexity index is 1030. The molecule has 1 heterocycles. The highest BCUT2D eigenvalue weighted by Gasteiger charge is 2.14. The van der Waals surface area contributed by atoms with Crippen LogP contribution in [0.15, 0.2) is 66.9 Å². The van der Waals surface area contributed by atoms with Crippen molar-refractivity contribution in [1.29, 1.82) is 0 Å². The van der Waals surface area contributed by atoms with E-state index in [1.807, 2.05) is 30.5 Å². The molecule has 0 N–H and O–H groups in total. The molecule has 0 unspecified atom stereocenters. The molecule has 0 saturated carbocycles. The maximum absolute atomic E-state index is 11.9. The number of hydrogen-bond acceptors (Lipinski definition) is 5. The number of pyridine rings is 1. The van der Waals surface area contributed by atoms with Crippen LogP contribution < -0.4 is 4.74 Å². The summed E-state index contributed by atoms with van der Waals surface area (Å²) in [4.78, 5) is 16.6. The molecule has 0 amide bonds. The summed E-state index contributed by atoms with van der Waals surface area (Å²) in [5.74, 6) is 0.457. The molecule has 5 nitrogen and oxygen atoms in total. The van der Waals surface area contributed by atoms with Gasteiger partial charge >= 0.3 is 5.97 Å². The molecule has 0 radical (unpaired) electrons. The van der Waals surface area contributed by atoms with Crippen molar-refractivity contribution in [2.45, 2.75) is 65.4 Å². The third-order valence-electron chi connectivity index (χ3n) is 6.02. The molecular weight excluding hydrogens is 450 g/mol.